The van der Waals surface area contributed by atoms with Gasteiger partial charge < -0.3 is 19.3 Å². The van der Waals surface area contributed by atoms with Crippen molar-refractivity contribution in [3.8, 4) is 0 Å². The predicted molar refractivity (Wildman–Crippen MR) is 45.5 cm³/mol. The van der Waals surface area contributed by atoms with Crippen molar-refractivity contribution in [2.45, 2.75) is 0 Å². The second-order valence-electron chi connectivity index (χ2n) is 1.91. The zero-order valence-corrected chi connectivity index (χ0v) is 10.7. The number of hydrogen-bond donors (Lipinski definition) is 2. The van der Waals surface area contributed by atoms with Gasteiger partial charge in [0.1, 0.15) is 0 Å². The fourth-order valence-corrected chi connectivity index (χ4v) is 0.836. The summed E-state index contributed by atoms with van der Waals surface area (Å²) < 4.78 is 64.1. The third-order valence-electron chi connectivity index (χ3n) is 0.638. The van der Waals surface area contributed by atoms with Gasteiger partial charge >= 0.3 is 17.1 Å². The zero-order chi connectivity index (χ0) is 13.2. The van der Waals surface area contributed by atoms with E-state index in [1.807, 2.05) is 0 Å². The topological polar surface area (TPSA) is 173 Å². The Bertz CT molecular complexity index is 311. The SMILES string of the molecule is O=S(=O)([O-])OCCO.O=S(=O)([O-])OCCO.[Cu+2]. The number of aliphatic hydroxyl groups is 2. The van der Waals surface area contributed by atoms with Gasteiger partial charge in [-0.2, -0.15) is 0 Å². The Kier molecular flexibility index (Phi) is 14.8. The van der Waals surface area contributed by atoms with Crippen LogP contribution in [0.4, 0.5) is 0 Å². The Hall–Kier alpha value is 0.179. The van der Waals surface area contributed by atoms with Crippen LogP contribution in [0, 0.1) is 0 Å². The summed E-state index contributed by atoms with van der Waals surface area (Å²) in [5, 5.41) is 15.8. The first-order valence-corrected chi connectivity index (χ1v) is 6.21. The first kappa shape index (κ1) is 22.4. The molecule has 0 aliphatic rings. The van der Waals surface area contributed by atoms with Gasteiger partial charge in [-0.1, -0.05) is 0 Å². The molecule has 2 N–H and O–H groups in total. The minimum atomic E-state index is -4.60. The normalized spacial score (nSPS) is 11.1. The van der Waals surface area contributed by atoms with Gasteiger partial charge in [-0.05, 0) is 0 Å². The molecular formula is C4H10CuO10S2. The van der Waals surface area contributed by atoms with Crippen molar-refractivity contribution in [3.05, 3.63) is 0 Å². The van der Waals surface area contributed by atoms with Crippen LogP contribution in [-0.4, -0.2) is 62.6 Å². The maximum atomic E-state index is 9.50. The van der Waals surface area contributed by atoms with Crippen molar-refractivity contribution >= 4 is 20.8 Å². The van der Waals surface area contributed by atoms with Crippen molar-refractivity contribution in [1.82, 2.24) is 0 Å². The first-order valence-electron chi connectivity index (χ1n) is 3.54. The Morgan fingerprint density at radius 3 is 1.12 bits per heavy atom. The van der Waals surface area contributed by atoms with Gasteiger partial charge in [-0.3, -0.25) is 8.37 Å². The summed E-state index contributed by atoms with van der Waals surface area (Å²) in [6.07, 6.45) is 0. The quantitative estimate of drug-likeness (QED) is 0.285. The second kappa shape index (κ2) is 11.3. The molecule has 0 aromatic heterocycles. The zero-order valence-electron chi connectivity index (χ0n) is 8.11. The minimum absolute atomic E-state index is 0. The molecule has 0 aromatic carbocycles. The summed E-state index contributed by atoms with van der Waals surface area (Å²) in [5.74, 6) is 0. The molecule has 13 heteroatoms. The molecular weight excluding hydrogens is 336 g/mol. The Morgan fingerprint density at radius 1 is 0.824 bits per heavy atom. The second-order valence-corrected chi connectivity index (χ2v) is 4.01. The molecule has 0 heterocycles. The molecule has 0 aliphatic carbocycles. The largest absolute Gasteiger partial charge is 2.00 e. The predicted octanol–water partition coefficient (Wildman–Crippen LogP) is -3.09. The molecule has 0 spiro atoms. The van der Waals surface area contributed by atoms with Gasteiger partial charge in [0.2, 0.25) is 20.8 Å². The van der Waals surface area contributed by atoms with Crippen molar-refractivity contribution in [2.24, 2.45) is 0 Å². The number of rotatable bonds is 6. The van der Waals surface area contributed by atoms with E-state index in [9.17, 15) is 25.9 Å². The standard InChI is InChI=1S/2C2H6O5S.Cu/c2*3-1-2-7-8(4,5)6;/h2*3H,1-2H2,(H,4,5,6);/q;;+2/p-2. The minimum Gasteiger partial charge on any atom is -0.726 e. The molecule has 0 fully saturated rings. The molecule has 0 amide bonds. The molecule has 0 saturated carbocycles. The van der Waals surface area contributed by atoms with E-state index in [4.69, 9.17) is 10.2 Å². The van der Waals surface area contributed by atoms with E-state index in [1.165, 1.54) is 0 Å². The Labute approximate surface area is 109 Å². The molecule has 0 atom stereocenters. The molecule has 0 aliphatic heterocycles. The van der Waals surface area contributed by atoms with E-state index in [2.05, 4.69) is 8.37 Å². The fraction of sp³-hybridized carbons (Fsp3) is 1.00. The summed E-state index contributed by atoms with van der Waals surface area (Å²) >= 11 is 0. The van der Waals surface area contributed by atoms with Gasteiger partial charge in [0.15, 0.2) is 0 Å². The van der Waals surface area contributed by atoms with Crippen LogP contribution >= 0.6 is 0 Å². The summed E-state index contributed by atoms with van der Waals surface area (Å²) in [6, 6.07) is 0. The molecule has 0 aromatic rings. The Balaban J connectivity index is -0.000000218. The van der Waals surface area contributed by atoms with Crippen LogP contribution in [-0.2, 0) is 46.2 Å². The van der Waals surface area contributed by atoms with Crippen molar-refractivity contribution < 1.29 is 61.6 Å². The van der Waals surface area contributed by atoms with Gasteiger partial charge in [0.25, 0.3) is 0 Å². The number of aliphatic hydroxyl groups excluding tert-OH is 2. The third kappa shape index (κ3) is 31.4. The van der Waals surface area contributed by atoms with Crippen LogP contribution in [0.1, 0.15) is 0 Å². The summed E-state index contributed by atoms with van der Waals surface area (Å²) in [7, 11) is -9.19. The molecule has 109 valence electrons. The maximum Gasteiger partial charge on any atom is 2.00 e. The molecule has 0 bridgehead atoms. The molecule has 0 saturated heterocycles. The van der Waals surface area contributed by atoms with Gasteiger partial charge in [-0.25, -0.2) is 16.8 Å². The van der Waals surface area contributed by atoms with E-state index in [0.717, 1.165) is 0 Å². The smallest absolute Gasteiger partial charge is 0.726 e. The maximum absolute atomic E-state index is 9.50. The van der Waals surface area contributed by atoms with Crippen LogP contribution < -0.4 is 0 Å². The van der Waals surface area contributed by atoms with Crippen LogP contribution in [0.3, 0.4) is 0 Å². The summed E-state index contributed by atoms with van der Waals surface area (Å²) in [4.78, 5) is 0. The average molecular weight is 346 g/mol. The van der Waals surface area contributed by atoms with E-state index in [1.54, 1.807) is 0 Å². The van der Waals surface area contributed by atoms with Crippen LogP contribution in [0.5, 0.6) is 0 Å². The molecule has 1 radical (unpaired) electrons. The van der Waals surface area contributed by atoms with Crippen molar-refractivity contribution in [1.29, 1.82) is 0 Å². The molecule has 0 rings (SSSR count). The molecule has 0 unspecified atom stereocenters. The van der Waals surface area contributed by atoms with Crippen molar-refractivity contribution in [2.75, 3.05) is 26.4 Å². The van der Waals surface area contributed by atoms with E-state index in [-0.39, 0.29) is 17.1 Å². The Morgan fingerprint density at radius 2 is 1.06 bits per heavy atom. The average Bonchev–Trinajstić information content (AvgIpc) is 2.10. The summed E-state index contributed by atoms with van der Waals surface area (Å²) in [5.41, 5.74) is 0. The fourth-order valence-electron chi connectivity index (χ4n) is 0.279. The van der Waals surface area contributed by atoms with Crippen molar-refractivity contribution in [3.63, 3.8) is 0 Å². The molecule has 17 heavy (non-hydrogen) atoms. The van der Waals surface area contributed by atoms with Gasteiger partial charge in [0, 0.05) is 0 Å². The number of hydrogen-bond acceptors (Lipinski definition) is 10. The summed E-state index contributed by atoms with van der Waals surface area (Å²) in [6.45, 7) is -1.87. The van der Waals surface area contributed by atoms with E-state index in [0.29, 0.717) is 0 Å². The van der Waals surface area contributed by atoms with Crippen LogP contribution in [0.15, 0.2) is 0 Å². The van der Waals surface area contributed by atoms with E-state index < -0.39 is 47.2 Å². The first-order chi connectivity index (χ1) is 7.12. The third-order valence-corrected chi connectivity index (χ3v) is 1.55. The van der Waals surface area contributed by atoms with Gasteiger partial charge in [-0.15, -0.1) is 0 Å². The van der Waals surface area contributed by atoms with Gasteiger partial charge in [0.05, 0.1) is 26.4 Å². The molecule has 10 nitrogen and oxygen atoms in total. The van der Waals surface area contributed by atoms with Crippen LogP contribution in [0.2, 0.25) is 0 Å². The van der Waals surface area contributed by atoms with E-state index >= 15 is 0 Å². The monoisotopic (exact) mass is 345 g/mol. The van der Waals surface area contributed by atoms with Crippen LogP contribution in [0.25, 0.3) is 0 Å².